The number of amides is 1. The van der Waals surface area contributed by atoms with Gasteiger partial charge in [0.05, 0.1) is 5.70 Å². The third-order valence-electron chi connectivity index (χ3n) is 3.84. The van der Waals surface area contributed by atoms with E-state index in [0.717, 1.165) is 24.1 Å². The van der Waals surface area contributed by atoms with Crippen LogP contribution < -0.4 is 20.3 Å². The molecule has 0 aliphatic carbocycles. The average molecular weight is 338 g/mol. The SMILES string of the molecule is CCC/C=C(\NNC(=O)[C@@H]1COc2ccccc2O1)c1ccccc1. The highest BCUT2D eigenvalue weighted by Gasteiger charge is 2.27. The van der Waals surface area contributed by atoms with Crippen LogP contribution in [0.2, 0.25) is 0 Å². The lowest BCUT2D eigenvalue weighted by Gasteiger charge is -2.26. The van der Waals surface area contributed by atoms with Crippen molar-refractivity contribution in [2.45, 2.75) is 25.9 Å². The first-order valence-electron chi connectivity index (χ1n) is 8.48. The molecular formula is C20H22N2O3. The third kappa shape index (κ3) is 4.32. The van der Waals surface area contributed by atoms with Gasteiger partial charge in [0.15, 0.2) is 11.5 Å². The zero-order valence-corrected chi connectivity index (χ0v) is 14.2. The minimum absolute atomic E-state index is 0.184. The summed E-state index contributed by atoms with van der Waals surface area (Å²) in [6.45, 7) is 2.30. The molecule has 0 aromatic heterocycles. The molecule has 25 heavy (non-hydrogen) atoms. The minimum atomic E-state index is -0.689. The van der Waals surface area contributed by atoms with Gasteiger partial charge >= 0.3 is 0 Å². The highest BCUT2D eigenvalue weighted by Crippen LogP contribution is 2.30. The lowest BCUT2D eigenvalue weighted by molar-refractivity contribution is -0.131. The van der Waals surface area contributed by atoms with Crippen LogP contribution >= 0.6 is 0 Å². The summed E-state index contributed by atoms with van der Waals surface area (Å²) in [5, 5.41) is 0. The minimum Gasteiger partial charge on any atom is -0.485 e. The Kier molecular flexibility index (Phi) is 5.57. The molecule has 1 atom stereocenters. The molecule has 5 heteroatoms. The van der Waals surface area contributed by atoms with Crippen molar-refractivity contribution >= 4 is 11.6 Å². The summed E-state index contributed by atoms with van der Waals surface area (Å²) in [5.74, 6) is 0.971. The molecule has 0 radical (unpaired) electrons. The predicted molar refractivity (Wildman–Crippen MR) is 97.0 cm³/mol. The van der Waals surface area contributed by atoms with Gasteiger partial charge in [-0.2, -0.15) is 0 Å². The van der Waals surface area contributed by atoms with Crippen LogP contribution in [-0.4, -0.2) is 18.6 Å². The van der Waals surface area contributed by atoms with Crippen molar-refractivity contribution in [1.29, 1.82) is 0 Å². The van der Waals surface area contributed by atoms with Gasteiger partial charge in [-0.3, -0.25) is 15.6 Å². The van der Waals surface area contributed by atoms with Crippen LogP contribution in [0.1, 0.15) is 25.3 Å². The molecule has 130 valence electrons. The van der Waals surface area contributed by atoms with Crippen LogP contribution in [0, 0.1) is 0 Å². The lowest BCUT2D eigenvalue weighted by atomic mass is 10.1. The van der Waals surface area contributed by atoms with E-state index in [4.69, 9.17) is 9.47 Å². The zero-order chi connectivity index (χ0) is 17.5. The van der Waals surface area contributed by atoms with Gasteiger partial charge in [-0.05, 0) is 24.1 Å². The Balaban J connectivity index is 1.62. The summed E-state index contributed by atoms with van der Waals surface area (Å²) in [5.41, 5.74) is 7.63. The van der Waals surface area contributed by atoms with Crippen molar-refractivity contribution in [1.82, 2.24) is 10.9 Å². The summed E-state index contributed by atoms with van der Waals surface area (Å²) < 4.78 is 11.3. The number of unbranched alkanes of at least 4 members (excludes halogenated alkanes) is 1. The van der Waals surface area contributed by atoms with Crippen LogP contribution in [0.25, 0.3) is 5.70 Å². The molecule has 2 aromatic rings. The van der Waals surface area contributed by atoms with Crippen LogP contribution in [0.3, 0.4) is 0 Å². The number of hydrogen-bond donors (Lipinski definition) is 2. The smallest absolute Gasteiger partial charge is 0.282 e. The Morgan fingerprint density at radius 3 is 2.56 bits per heavy atom. The molecule has 2 N–H and O–H groups in total. The van der Waals surface area contributed by atoms with Gasteiger partial charge in [0.2, 0.25) is 6.10 Å². The molecule has 2 aromatic carbocycles. The summed E-state index contributed by atoms with van der Waals surface area (Å²) in [6, 6.07) is 17.2. The molecule has 0 fully saturated rings. The monoisotopic (exact) mass is 338 g/mol. The van der Waals surface area contributed by atoms with E-state index in [-0.39, 0.29) is 12.5 Å². The number of ether oxygens (including phenoxy) is 2. The topological polar surface area (TPSA) is 59.6 Å². The van der Waals surface area contributed by atoms with E-state index >= 15 is 0 Å². The fourth-order valence-electron chi connectivity index (χ4n) is 2.51. The van der Waals surface area contributed by atoms with Gasteiger partial charge < -0.3 is 9.47 Å². The molecule has 1 heterocycles. The number of benzene rings is 2. The highest BCUT2D eigenvalue weighted by molar-refractivity contribution is 5.82. The fraction of sp³-hybridized carbons (Fsp3) is 0.250. The van der Waals surface area contributed by atoms with Crippen LogP contribution in [0.15, 0.2) is 60.7 Å². The molecule has 5 nitrogen and oxygen atoms in total. The number of nitrogens with one attached hydrogen (secondary N) is 2. The number of carbonyl (C=O) groups is 1. The number of rotatable bonds is 6. The number of para-hydroxylation sites is 2. The van der Waals surface area contributed by atoms with E-state index in [9.17, 15) is 4.79 Å². The highest BCUT2D eigenvalue weighted by atomic mass is 16.6. The Labute approximate surface area is 147 Å². The maximum atomic E-state index is 12.4. The third-order valence-corrected chi connectivity index (χ3v) is 3.84. The molecule has 3 rings (SSSR count). The first kappa shape index (κ1) is 16.9. The van der Waals surface area contributed by atoms with Gasteiger partial charge in [-0.1, -0.05) is 61.9 Å². The van der Waals surface area contributed by atoms with E-state index in [1.54, 1.807) is 6.07 Å². The number of hydrazine groups is 1. The van der Waals surface area contributed by atoms with E-state index < -0.39 is 6.10 Å². The summed E-state index contributed by atoms with van der Waals surface area (Å²) >= 11 is 0. The quantitative estimate of drug-likeness (QED) is 0.794. The largest absolute Gasteiger partial charge is 0.485 e. The second-order valence-corrected chi connectivity index (χ2v) is 5.75. The van der Waals surface area contributed by atoms with Gasteiger partial charge in [-0.25, -0.2) is 0 Å². The maximum absolute atomic E-state index is 12.4. The van der Waals surface area contributed by atoms with Crippen molar-refractivity contribution in [3.63, 3.8) is 0 Å². The Hall–Kier alpha value is -2.95. The van der Waals surface area contributed by atoms with Crippen molar-refractivity contribution in [2.75, 3.05) is 6.61 Å². The molecule has 1 amide bonds. The molecule has 0 saturated heterocycles. The van der Waals surface area contributed by atoms with Crippen molar-refractivity contribution in [3.05, 3.63) is 66.2 Å². The average Bonchev–Trinajstić information content (AvgIpc) is 2.68. The summed E-state index contributed by atoms with van der Waals surface area (Å²) in [7, 11) is 0. The fourth-order valence-corrected chi connectivity index (χ4v) is 2.51. The second kappa shape index (κ2) is 8.24. The Bertz CT molecular complexity index is 744. The second-order valence-electron chi connectivity index (χ2n) is 5.75. The number of hydrogen-bond acceptors (Lipinski definition) is 4. The van der Waals surface area contributed by atoms with Gasteiger partial charge in [0.25, 0.3) is 5.91 Å². The molecule has 0 saturated carbocycles. The van der Waals surface area contributed by atoms with E-state index in [1.807, 2.05) is 48.5 Å². The van der Waals surface area contributed by atoms with E-state index in [1.165, 1.54) is 0 Å². The zero-order valence-electron chi connectivity index (χ0n) is 14.2. The van der Waals surface area contributed by atoms with Crippen LogP contribution in [0.5, 0.6) is 11.5 Å². The van der Waals surface area contributed by atoms with Gasteiger partial charge in [0, 0.05) is 0 Å². The van der Waals surface area contributed by atoms with Crippen LogP contribution in [-0.2, 0) is 4.79 Å². The number of fused-ring (bicyclic) bond motifs is 1. The number of allylic oxidation sites excluding steroid dienone is 1. The van der Waals surface area contributed by atoms with E-state index in [2.05, 4.69) is 23.9 Å². The molecule has 0 unspecified atom stereocenters. The number of carbonyl (C=O) groups excluding carboxylic acids is 1. The molecule has 1 aliphatic heterocycles. The summed E-state index contributed by atoms with van der Waals surface area (Å²) in [6.07, 6.45) is 3.33. The van der Waals surface area contributed by atoms with Crippen LogP contribution in [0.4, 0.5) is 0 Å². The van der Waals surface area contributed by atoms with Gasteiger partial charge in [-0.15, -0.1) is 0 Å². The standard InChI is InChI=1S/C20H22N2O3/c1-2-3-11-16(15-9-5-4-6-10-15)21-22-20(23)19-14-24-17-12-7-8-13-18(17)25-19/h4-13,19,21H,2-3,14H2,1H3,(H,22,23)/b16-11-/t19-/m0/s1. The van der Waals surface area contributed by atoms with E-state index in [0.29, 0.717) is 11.5 Å². The van der Waals surface area contributed by atoms with Gasteiger partial charge in [0.1, 0.15) is 6.61 Å². The Morgan fingerprint density at radius 1 is 1.08 bits per heavy atom. The van der Waals surface area contributed by atoms with Crippen molar-refractivity contribution in [2.24, 2.45) is 0 Å². The van der Waals surface area contributed by atoms with Crippen molar-refractivity contribution in [3.8, 4) is 11.5 Å². The Morgan fingerprint density at radius 2 is 1.80 bits per heavy atom. The first-order valence-corrected chi connectivity index (χ1v) is 8.48. The maximum Gasteiger partial charge on any atom is 0.282 e. The molecular weight excluding hydrogens is 316 g/mol. The predicted octanol–water partition coefficient (Wildman–Crippen LogP) is 3.29. The lowest BCUT2D eigenvalue weighted by Crippen LogP contribution is -2.48. The normalized spacial score (nSPS) is 16.2. The molecule has 0 bridgehead atoms. The first-order chi connectivity index (χ1) is 12.3. The molecule has 0 spiro atoms. The molecule has 1 aliphatic rings. The van der Waals surface area contributed by atoms with Crippen molar-refractivity contribution < 1.29 is 14.3 Å². The summed E-state index contributed by atoms with van der Waals surface area (Å²) in [4.78, 5) is 12.4.